The zero-order chi connectivity index (χ0) is 24.5. The lowest BCUT2D eigenvalue weighted by atomic mass is 9.98. The minimum Gasteiger partial charge on any atom is -0.480 e. The van der Waals surface area contributed by atoms with E-state index in [-0.39, 0.29) is 35.4 Å². The van der Waals surface area contributed by atoms with E-state index in [4.69, 9.17) is 4.74 Å². The summed E-state index contributed by atoms with van der Waals surface area (Å²) in [6, 6.07) is 18.2. The maximum atomic E-state index is 14.0. The Morgan fingerprint density at radius 3 is 2.34 bits per heavy atom. The van der Waals surface area contributed by atoms with Gasteiger partial charge in [0.15, 0.2) is 0 Å². The number of carbonyl (C=O) groups excluding carboxylic acids is 2. The monoisotopic (exact) mass is 492 g/mol. The Morgan fingerprint density at radius 1 is 1.03 bits per heavy atom. The maximum absolute atomic E-state index is 14.0. The molecule has 3 aromatic carbocycles. The summed E-state index contributed by atoms with van der Waals surface area (Å²) in [6.07, 6.45) is -0.793. The van der Waals surface area contributed by atoms with E-state index in [0.717, 1.165) is 39.3 Å². The zero-order valence-electron chi connectivity index (χ0n) is 18.4. The van der Waals surface area contributed by atoms with Crippen LogP contribution in [0, 0.1) is 5.82 Å². The van der Waals surface area contributed by atoms with Gasteiger partial charge >= 0.3 is 12.1 Å². The number of rotatable bonds is 5. The topological polar surface area (TPSA) is 95.9 Å². The Kier molecular flexibility index (Phi) is 6.17. The van der Waals surface area contributed by atoms with Gasteiger partial charge in [-0.3, -0.25) is 10.1 Å². The van der Waals surface area contributed by atoms with Crippen LogP contribution in [0.5, 0.6) is 0 Å². The molecule has 0 unspecified atom stereocenters. The molecule has 0 spiro atoms. The summed E-state index contributed by atoms with van der Waals surface area (Å²) in [5, 5.41) is 11.9. The SMILES string of the molecule is O=C(Nc1ccc(F)cc1C(=O)N1CSC[C@H]1C(=O)O)OCC1c2ccccc2-c2ccccc21. The highest BCUT2D eigenvalue weighted by Crippen LogP contribution is 2.44. The van der Waals surface area contributed by atoms with E-state index in [1.54, 1.807) is 0 Å². The van der Waals surface area contributed by atoms with Crippen LogP contribution in [0.15, 0.2) is 66.7 Å². The fourth-order valence-electron chi connectivity index (χ4n) is 4.55. The normalized spacial score (nSPS) is 16.5. The summed E-state index contributed by atoms with van der Waals surface area (Å²) in [4.78, 5) is 38.4. The molecule has 178 valence electrons. The predicted molar refractivity (Wildman–Crippen MR) is 130 cm³/mol. The first-order valence-corrected chi connectivity index (χ1v) is 12.1. The Bertz CT molecular complexity index is 1290. The molecule has 0 aromatic heterocycles. The lowest BCUT2D eigenvalue weighted by Crippen LogP contribution is -2.42. The summed E-state index contributed by atoms with van der Waals surface area (Å²) in [5.74, 6) is -2.21. The van der Waals surface area contributed by atoms with Crippen LogP contribution in [0.2, 0.25) is 0 Å². The Hall–Kier alpha value is -3.85. The van der Waals surface area contributed by atoms with Crippen molar-refractivity contribution in [3.05, 3.63) is 89.2 Å². The van der Waals surface area contributed by atoms with E-state index >= 15 is 0 Å². The molecular formula is C26H21FN2O5S. The molecule has 9 heteroatoms. The molecule has 0 radical (unpaired) electrons. The first-order valence-electron chi connectivity index (χ1n) is 11.0. The van der Waals surface area contributed by atoms with Gasteiger partial charge in [0.2, 0.25) is 0 Å². The van der Waals surface area contributed by atoms with Crippen LogP contribution in [0.3, 0.4) is 0 Å². The molecule has 0 bridgehead atoms. The second-order valence-corrected chi connectivity index (χ2v) is 9.27. The molecule has 0 saturated carbocycles. The van der Waals surface area contributed by atoms with E-state index in [1.165, 1.54) is 17.8 Å². The van der Waals surface area contributed by atoms with Crippen molar-refractivity contribution in [3.63, 3.8) is 0 Å². The van der Waals surface area contributed by atoms with Crippen molar-refractivity contribution < 1.29 is 28.6 Å². The van der Waals surface area contributed by atoms with Gasteiger partial charge < -0.3 is 14.7 Å². The maximum Gasteiger partial charge on any atom is 0.411 e. The summed E-state index contributed by atoms with van der Waals surface area (Å²) >= 11 is 1.30. The van der Waals surface area contributed by atoms with E-state index in [2.05, 4.69) is 5.32 Å². The van der Waals surface area contributed by atoms with E-state index in [0.29, 0.717) is 0 Å². The van der Waals surface area contributed by atoms with Gasteiger partial charge in [0.25, 0.3) is 5.91 Å². The lowest BCUT2D eigenvalue weighted by molar-refractivity contribution is -0.140. The highest BCUT2D eigenvalue weighted by atomic mass is 32.2. The number of nitrogens with one attached hydrogen (secondary N) is 1. The molecule has 2 amide bonds. The van der Waals surface area contributed by atoms with Gasteiger partial charge in [0.1, 0.15) is 18.5 Å². The third kappa shape index (κ3) is 4.35. The van der Waals surface area contributed by atoms with Gasteiger partial charge in [-0.05, 0) is 40.5 Å². The smallest absolute Gasteiger partial charge is 0.411 e. The number of carboxylic acids is 1. The highest BCUT2D eigenvalue weighted by Gasteiger charge is 2.36. The molecule has 1 fully saturated rings. The average molecular weight is 493 g/mol. The second-order valence-electron chi connectivity index (χ2n) is 8.27. The van der Waals surface area contributed by atoms with Crippen LogP contribution in [0.4, 0.5) is 14.9 Å². The van der Waals surface area contributed by atoms with Gasteiger partial charge in [-0.15, -0.1) is 11.8 Å². The molecule has 1 heterocycles. The molecule has 2 N–H and O–H groups in total. The summed E-state index contributed by atoms with van der Waals surface area (Å²) in [6.45, 7) is 0.0776. The number of anilines is 1. The van der Waals surface area contributed by atoms with Crippen molar-refractivity contribution in [3.8, 4) is 11.1 Å². The average Bonchev–Trinajstić information content (AvgIpc) is 3.47. The number of fused-ring (bicyclic) bond motifs is 3. The molecule has 1 saturated heterocycles. The number of hydrogen-bond donors (Lipinski definition) is 2. The van der Waals surface area contributed by atoms with Crippen LogP contribution < -0.4 is 5.32 Å². The zero-order valence-corrected chi connectivity index (χ0v) is 19.3. The number of nitrogens with zero attached hydrogens (tertiary/aromatic N) is 1. The van der Waals surface area contributed by atoms with Gasteiger partial charge in [-0.25, -0.2) is 14.0 Å². The fraction of sp³-hybridized carbons (Fsp3) is 0.192. The van der Waals surface area contributed by atoms with Crippen molar-refractivity contribution in [1.82, 2.24) is 4.90 Å². The first kappa shape index (κ1) is 22.9. The molecule has 1 aliphatic heterocycles. The lowest BCUT2D eigenvalue weighted by Gasteiger charge is -2.22. The van der Waals surface area contributed by atoms with Crippen molar-refractivity contribution in [2.45, 2.75) is 12.0 Å². The van der Waals surface area contributed by atoms with Gasteiger partial charge in [-0.1, -0.05) is 48.5 Å². The number of carboxylic acid groups (broad SMARTS) is 1. The van der Waals surface area contributed by atoms with Crippen molar-refractivity contribution in [2.24, 2.45) is 0 Å². The standard InChI is InChI=1S/C26H21FN2O5S/c27-15-9-10-22(20(11-15)24(30)29-14-35-13-23(29)25(31)32)28-26(33)34-12-21-18-7-3-1-5-16(18)17-6-2-4-8-19(17)21/h1-11,21,23H,12-14H2,(H,28,33)(H,31,32)/t23-/m0/s1. The Morgan fingerprint density at radius 2 is 1.69 bits per heavy atom. The molecule has 1 atom stereocenters. The number of thioether (sulfide) groups is 1. The second kappa shape index (κ2) is 9.42. The quantitative estimate of drug-likeness (QED) is 0.532. The molecule has 2 aliphatic rings. The molecule has 35 heavy (non-hydrogen) atoms. The van der Waals surface area contributed by atoms with E-state index in [9.17, 15) is 23.9 Å². The molecular weight excluding hydrogens is 471 g/mol. The predicted octanol–water partition coefficient (Wildman–Crippen LogP) is 4.79. The Balaban J connectivity index is 1.33. The van der Waals surface area contributed by atoms with Crippen LogP contribution in [0.1, 0.15) is 27.4 Å². The number of ether oxygens (including phenoxy) is 1. The fourth-order valence-corrected chi connectivity index (χ4v) is 5.69. The van der Waals surface area contributed by atoms with Crippen LogP contribution >= 0.6 is 11.8 Å². The minimum atomic E-state index is -1.13. The molecule has 7 nitrogen and oxygen atoms in total. The van der Waals surface area contributed by atoms with E-state index < -0.39 is 29.8 Å². The van der Waals surface area contributed by atoms with Gasteiger partial charge in [0.05, 0.1) is 17.1 Å². The minimum absolute atomic E-state index is 0.0506. The molecule has 1 aliphatic carbocycles. The van der Waals surface area contributed by atoms with Crippen LogP contribution in [-0.4, -0.2) is 52.3 Å². The van der Waals surface area contributed by atoms with Gasteiger partial charge in [0, 0.05) is 11.7 Å². The number of halogens is 1. The summed E-state index contributed by atoms with van der Waals surface area (Å²) in [7, 11) is 0. The number of amides is 2. The first-order chi connectivity index (χ1) is 16.9. The third-order valence-corrected chi connectivity index (χ3v) is 7.23. The summed E-state index contributed by atoms with van der Waals surface area (Å²) < 4.78 is 19.5. The number of benzene rings is 3. The number of hydrogen-bond acceptors (Lipinski definition) is 5. The van der Waals surface area contributed by atoms with Crippen molar-refractivity contribution >= 4 is 35.4 Å². The van der Waals surface area contributed by atoms with E-state index in [1.807, 2.05) is 48.5 Å². The third-order valence-electron chi connectivity index (χ3n) is 6.22. The Labute approximate surface area is 204 Å². The number of carbonyl (C=O) groups is 3. The number of aliphatic carboxylic acids is 1. The largest absolute Gasteiger partial charge is 0.480 e. The van der Waals surface area contributed by atoms with Crippen molar-refractivity contribution in [2.75, 3.05) is 23.6 Å². The molecule has 5 rings (SSSR count). The summed E-state index contributed by atoms with van der Waals surface area (Å²) in [5.41, 5.74) is 4.23. The van der Waals surface area contributed by atoms with Crippen LogP contribution in [0.25, 0.3) is 11.1 Å². The van der Waals surface area contributed by atoms with Crippen LogP contribution in [-0.2, 0) is 9.53 Å². The molecule has 3 aromatic rings. The van der Waals surface area contributed by atoms with Gasteiger partial charge in [-0.2, -0.15) is 0 Å². The van der Waals surface area contributed by atoms with Crippen molar-refractivity contribution in [1.29, 1.82) is 0 Å². The highest BCUT2D eigenvalue weighted by molar-refractivity contribution is 7.99.